The molecule has 1 heterocycles. The summed E-state index contributed by atoms with van der Waals surface area (Å²) in [6, 6.07) is 2.03. The molecule has 0 bridgehead atoms. The standard InChI is InChI=1S/C10H16N4O2S2/c1-11-10(8-14(15)16)12-4-7-17-5-2-9-3-6-18-13-9/h3,6,8,11-12H,2,4-5,7H2,1H3/b10-8-. The van der Waals surface area contributed by atoms with Crippen molar-refractivity contribution in [1.82, 2.24) is 15.0 Å². The van der Waals surface area contributed by atoms with Crippen molar-refractivity contribution in [3.8, 4) is 0 Å². The maximum absolute atomic E-state index is 10.3. The summed E-state index contributed by atoms with van der Waals surface area (Å²) >= 11 is 3.27. The molecule has 6 nitrogen and oxygen atoms in total. The van der Waals surface area contributed by atoms with Gasteiger partial charge >= 0.3 is 0 Å². The molecular formula is C10H16N4O2S2. The highest BCUT2D eigenvalue weighted by atomic mass is 32.2. The van der Waals surface area contributed by atoms with Gasteiger partial charge in [-0.3, -0.25) is 10.1 Å². The van der Waals surface area contributed by atoms with E-state index in [-0.39, 0.29) is 0 Å². The summed E-state index contributed by atoms with van der Waals surface area (Å²) in [5, 5.41) is 18.0. The molecule has 1 aromatic rings. The van der Waals surface area contributed by atoms with E-state index in [9.17, 15) is 10.1 Å². The number of hydrogen-bond acceptors (Lipinski definition) is 7. The summed E-state index contributed by atoms with van der Waals surface area (Å²) in [7, 11) is 1.65. The first-order valence-corrected chi connectivity index (χ1v) is 7.45. The maximum atomic E-state index is 10.3. The fraction of sp³-hybridized carbons (Fsp3) is 0.500. The Morgan fingerprint density at radius 3 is 3.11 bits per heavy atom. The number of rotatable bonds is 9. The van der Waals surface area contributed by atoms with Crippen LogP contribution in [0.5, 0.6) is 0 Å². The van der Waals surface area contributed by atoms with Crippen LogP contribution in [0.2, 0.25) is 0 Å². The molecule has 100 valence electrons. The zero-order valence-corrected chi connectivity index (χ0v) is 11.7. The number of nitro groups is 1. The van der Waals surface area contributed by atoms with Gasteiger partial charge in [-0.25, -0.2) is 0 Å². The summed E-state index contributed by atoms with van der Waals surface area (Å²) in [5.74, 6) is 2.35. The van der Waals surface area contributed by atoms with Gasteiger partial charge in [0.2, 0.25) is 0 Å². The zero-order chi connectivity index (χ0) is 13.2. The van der Waals surface area contributed by atoms with Gasteiger partial charge in [-0.2, -0.15) is 16.1 Å². The molecule has 0 saturated heterocycles. The first-order chi connectivity index (χ1) is 8.72. The van der Waals surface area contributed by atoms with Gasteiger partial charge in [-0.15, -0.1) is 0 Å². The van der Waals surface area contributed by atoms with Gasteiger partial charge in [0.15, 0.2) is 5.82 Å². The van der Waals surface area contributed by atoms with Crippen molar-refractivity contribution >= 4 is 23.3 Å². The highest BCUT2D eigenvalue weighted by molar-refractivity contribution is 7.99. The summed E-state index contributed by atoms with van der Waals surface area (Å²) in [6.07, 6.45) is 1.90. The summed E-state index contributed by atoms with van der Waals surface area (Å²) < 4.78 is 4.23. The Morgan fingerprint density at radius 1 is 1.67 bits per heavy atom. The zero-order valence-electron chi connectivity index (χ0n) is 10.1. The van der Waals surface area contributed by atoms with Crippen LogP contribution in [-0.2, 0) is 6.42 Å². The van der Waals surface area contributed by atoms with Crippen LogP contribution < -0.4 is 10.6 Å². The number of aromatic nitrogens is 1. The van der Waals surface area contributed by atoms with Crippen LogP contribution in [0.1, 0.15) is 5.69 Å². The van der Waals surface area contributed by atoms with E-state index in [1.54, 1.807) is 18.8 Å². The van der Waals surface area contributed by atoms with E-state index < -0.39 is 4.92 Å². The monoisotopic (exact) mass is 288 g/mol. The van der Waals surface area contributed by atoms with Crippen molar-refractivity contribution < 1.29 is 4.92 Å². The Morgan fingerprint density at radius 2 is 2.50 bits per heavy atom. The SMILES string of the molecule is CN/C(=C/[N+](=O)[O-])NCCSCCc1ccsn1. The normalized spacial score (nSPS) is 11.3. The molecule has 8 heteroatoms. The molecule has 0 radical (unpaired) electrons. The van der Waals surface area contributed by atoms with Crippen LogP contribution in [-0.4, -0.2) is 34.4 Å². The molecule has 0 aliphatic carbocycles. The van der Waals surface area contributed by atoms with Gasteiger partial charge in [0, 0.05) is 24.7 Å². The van der Waals surface area contributed by atoms with Crippen molar-refractivity contribution in [2.75, 3.05) is 25.1 Å². The average Bonchev–Trinajstić information content (AvgIpc) is 2.84. The smallest absolute Gasteiger partial charge is 0.274 e. The van der Waals surface area contributed by atoms with Crippen molar-refractivity contribution in [1.29, 1.82) is 0 Å². The largest absolute Gasteiger partial charge is 0.370 e. The Bertz CT molecular complexity index is 381. The van der Waals surface area contributed by atoms with Crippen LogP contribution in [0.25, 0.3) is 0 Å². The molecule has 0 saturated carbocycles. The van der Waals surface area contributed by atoms with Crippen LogP contribution in [0.3, 0.4) is 0 Å². The fourth-order valence-electron chi connectivity index (χ4n) is 1.21. The third kappa shape index (κ3) is 6.45. The molecule has 0 spiro atoms. The van der Waals surface area contributed by atoms with Crippen molar-refractivity contribution in [3.05, 3.63) is 39.3 Å². The molecule has 1 aromatic heterocycles. The predicted octanol–water partition coefficient (Wildman–Crippen LogP) is 1.30. The second-order valence-corrected chi connectivity index (χ2v) is 5.25. The lowest BCUT2D eigenvalue weighted by Crippen LogP contribution is -2.26. The Hall–Kier alpha value is -1.28. The molecule has 0 aromatic carbocycles. The van der Waals surface area contributed by atoms with Gasteiger partial charge in [0.25, 0.3) is 6.20 Å². The van der Waals surface area contributed by atoms with E-state index in [1.165, 1.54) is 11.5 Å². The summed E-state index contributed by atoms with van der Waals surface area (Å²) in [4.78, 5) is 9.80. The Balaban J connectivity index is 2.06. The minimum absolute atomic E-state index is 0.431. The molecular weight excluding hydrogens is 272 g/mol. The fourth-order valence-corrected chi connectivity index (χ4v) is 2.58. The lowest BCUT2D eigenvalue weighted by Gasteiger charge is -2.07. The van der Waals surface area contributed by atoms with E-state index in [1.807, 2.05) is 11.4 Å². The van der Waals surface area contributed by atoms with Gasteiger partial charge < -0.3 is 10.6 Å². The molecule has 0 amide bonds. The molecule has 2 N–H and O–H groups in total. The Labute approximate surface area is 114 Å². The highest BCUT2D eigenvalue weighted by Gasteiger charge is 1.99. The van der Waals surface area contributed by atoms with Crippen LogP contribution in [0.4, 0.5) is 0 Å². The average molecular weight is 288 g/mol. The van der Waals surface area contributed by atoms with Gasteiger partial charge in [-0.1, -0.05) is 0 Å². The maximum Gasteiger partial charge on any atom is 0.274 e. The quantitative estimate of drug-likeness (QED) is 0.405. The second-order valence-electron chi connectivity index (χ2n) is 3.36. The molecule has 0 unspecified atom stereocenters. The van der Waals surface area contributed by atoms with E-state index in [4.69, 9.17) is 0 Å². The third-order valence-corrected chi connectivity index (χ3v) is 3.64. The lowest BCUT2D eigenvalue weighted by molar-refractivity contribution is -0.404. The number of aryl methyl sites for hydroxylation is 1. The second kappa shape index (κ2) is 8.76. The molecule has 0 atom stereocenters. The van der Waals surface area contributed by atoms with Crippen molar-refractivity contribution in [3.63, 3.8) is 0 Å². The van der Waals surface area contributed by atoms with E-state index in [2.05, 4.69) is 15.0 Å². The summed E-state index contributed by atoms with van der Waals surface area (Å²) in [6.45, 7) is 0.697. The van der Waals surface area contributed by atoms with Crippen LogP contribution in [0.15, 0.2) is 23.5 Å². The number of hydrogen-bond donors (Lipinski definition) is 2. The topological polar surface area (TPSA) is 80.1 Å². The molecule has 1 rings (SSSR count). The molecule has 0 aliphatic rings. The first kappa shape index (κ1) is 14.8. The van der Waals surface area contributed by atoms with E-state index in [0.29, 0.717) is 12.4 Å². The molecule has 18 heavy (non-hydrogen) atoms. The van der Waals surface area contributed by atoms with E-state index in [0.717, 1.165) is 29.8 Å². The van der Waals surface area contributed by atoms with Crippen molar-refractivity contribution in [2.45, 2.75) is 6.42 Å². The Kier molecular flexibility index (Phi) is 7.19. The van der Waals surface area contributed by atoms with Crippen LogP contribution in [0, 0.1) is 10.1 Å². The minimum atomic E-state index is -0.478. The van der Waals surface area contributed by atoms with Gasteiger partial charge in [0.05, 0.1) is 10.6 Å². The van der Waals surface area contributed by atoms with Crippen molar-refractivity contribution in [2.24, 2.45) is 0 Å². The minimum Gasteiger partial charge on any atom is -0.370 e. The summed E-state index contributed by atoms with van der Waals surface area (Å²) in [5.41, 5.74) is 1.13. The van der Waals surface area contributed by atoms with Crippen LogP contribution >= 0.6 is 23.3 Å². The van der Waals surface area contributed by atoms with Gasteiger partial charge in [-0.05, 0) is 29.8 Å². The third-order valence-electron chi connectivity index (χ3n) is 2.06. The predicted molar refractivity (Wildman–Crippen MR) is 75.3 cm³/mol. The van der Waals surface area contributed by atoms with Gasteiger partial charge in [0.1, 0.15) is 0 Å². The number of nitrogens with one attached hydrogen (secondary N) is 2. The lowest BCUT2D eigenvalue weighted by atomic mass is 10.3. The molecule has 0 fully saturated rings. The number of thioether (sulfide) groups is 1. The first-order valence-electron chi connectivity index (χ1n) is 5.46. The molecule has 0 aliphatic heterocycles. The van der Waals surface area contributed by atoms with E-state index >= 15 is 0 Å². The number of nitrogens with zero attached hydrogens (tertiary/aromatic N) is 2. The highest BCUT2D eigenvalue weighted by Crippen LogP contribution is 2.06.